The Kier molecular flexibility index (Phi) is 6.01. The molecule has 1 aliphatic heterocycles. The summed E-state index contributed by atoms with van der Waals surface area (Å²) in [6.07, 6.45) is 3.22. The number of rotatable bonds is 6. The van der Waals surface area contributed by atoms with Gasteiger partial charge in [-0.25, -0.2) is 8.42 Å². The number of piperidine rings is 1. The van der Waals surface area contributed by atoms with E-state index >= 15 is 0 Å². The molecule has 2 heterocycles. The Balaban J connectivity index is 2.07. The van der Waals surface area contributed by atoms with Crippen LogP contribution in [0.1, 0.15) is 36.6 Å². The Hall–Kier alpha value is -2.12. The van der Waals surface area contributed by atoms with Crippen LogP contribution in [0, 0.1) is 6.92 Å². The predicted octanol–water partition coefficient (Wildman–Crippen LogP) is 3.78. The molecule has 1 aromatic heterocycles. The summed E-state index contributed by atoms with van der Waals surface area (Å²) in [4.78, 5) is 15.7. The molecule has 1 aliphatic rings. The lowest BCUT2D eigenvalue weighted by molar-refractivity contribution is -0.113. The second-order valence-corrected chi connectivity index (χ2v) is 9.35. The highest BCUT2D eigenvalue weighted by Gasteiger charge is 2.26. The van der Waals surface area contributed by atoms with Gasteiger partial charge in [0.15, 0.2) is 5.78 Å². The third-order valence-corrected chi connectivity index (χ3v) is 6.83. The summed E-state index contributed by atoms with van der Waals surface area (Å²) >= 11 is 1.51. The third-order valence-electron chi connectivity index (χ3n) is 4.58. The summed E-state index contributed by atoms with van der Waals surface area (Å²) in [5.74, 6) is -0.292. The molecular weight excluding hydrogens is 380 g/mol. The molecule has 1 fully saturated rings. The number of benzene rings is 1. The van der Waals surface area contributed by atoms with Gasteiger partial charge in [0.05, 0.1) is 15.5 Å². The first-order chi connectivity index (χ1) is 12.9. The summed E-state index contributed by atoms with van der Waals surface area (Å²) in [6.45, 7) is 4.94. The fourth-order valence-corrected chi connectivity index (χ4v) is 5.09. The highest BCUT2D eigenvalue weighted by atomic mass is 32.2. The van der Waals surface area contributed by atoms with E-state index in [4.69, 9.17) is 0 Å². The largest absolute Gasteiger partial charge is 0.369 e. The van der Waals surface area contributed by atoms with Crippen molar-refractivity contribution < 1.29 is 13.2 Å². The first kappa shape index (κ1) is 19.6. The van der Waals surface area contributed by atoms with Crippen molar-refractivity contribution in [3.05, 3.63) is 57.9 Å². The lowest BCUT2D eigenvalue weighted by Crippen LogP contribution is -2.35. The zero-order chi connectivity index (χ0) is 19.4. The van der Waals surface area contributed by atoms with E-state index in [1.165, 1.54) is 18.3 Å². The predicted molar refractivity (Wildman–Crippen MR) is 109 cm³/mol. The second kappa shape index (κ2) is 8.27. The number of nitrogens with one attached hydrogen (secondary N) is 1. The SMILES string of the molecule is CC(=O)/C(NS(=O)(=O)c1ccc(C)cc1)=C(\c1cccs1)N1CCCCC1. The molecule has 0 spiro atoms. The van der Waals surface area contributed by atoms with Crippen LogP contribution in [0.4, 0.5) is 0 Å². The van der Waals surface area contributed by atoms with Crippen molar-refractivity contribution in [2.24, 2.45) is 0 Å². The standard InChI is InChI=1S/C20H24N2O3S2/c1-15-8-10-17(11-9-15)27(24,25)21-19(16(2)23)20(18-7-6-14-26-18)22-12-4-3-5-13-22/h6-11,14,21H,3-5,12-13H2,1-2H3/b20-19-. The number of carbonyl (C=O) groups excluding carboxylic acids is 1. The van der Waals surface area contributed by atoms with E-state index in [2.05, 4.69) is 9.62 Å². The minimum Gasteiger partial charge on any atom is -0.369 e. The number of hydrogen-bond acceptors (Lipinski definition) is 5. The highest BCUT2D eigenvalue weighted by molar-refractivity contribution is 7.89. The molecule has 7 heteroatoms. The number of carbonyl (C=O) groups is 1. The van der Waals surface area contributed by atoms with Crippen LogP contribution in [0.3, 0.4) is 0 Å². The normalized spacial score (nSPS) is 16.0. The molecule has 144 valence electrons. The number of ketones is 1. The van der Waals surface area contributed by atoms with E-state index in [0.29, 0.717) is 5.70 Å². The third kappa shape index (κ3) is 4.59. The van der Waals surface area contributed by atoms with Gasteiger partial charge in [0.2, 0.25) is 0 Å². The maximum atomic E-state index is 12.9. The second-order valence-electron chi connectivity index (χ2n) is 6.72. The van der Waals surface area contributed by atoms with E-state index in [0.717, 1.165) is 42.8 Å². The molecule has 0 radical (unpaired) electrons. The van der Waals surface area contributed by atoms with Crippen LogP contribution < -0.4 is 4.72 Å². The Morgan fingerprint density at radius 2 is 1.74 bits per heavy atom. The molecule has 0 bridgehead atoms. The van der Waals surface area contributed by atoms with E-state index in [1.54, 1.807) is 24.3 Å². The van der Waals surface area contributed by atoms with Gasteiger partial charge in [-0.2, -0.15) is 0 Å². The highest BCUT2D eigenvalue weighted by Crippen LogP contribution is 2.30. The average molecular weight is 405 g/mol. The monoisotopic (exact) mass is 404 g/mol. The first-order valence-electron chi connectivity index (χ1n) is 9.02. The minimum atomic E-state index is -3.85. The Morgan fingerprint density at radius 1 is 1.07 bits per heavy atom. The van der Waals surface area contributed by atoms with Crippen LogP contribution in [-0.4, -0.2) is 32.2 Å². The Labute approximate surface area is 164 Å². The van der Waals surface area contributed by atoms with Gasteiger partial charge in [0.1, 0.15) is 5.70 Å². The average Bonchev–Trinajstić information content (AvgIpc) is 3.16. The van der Waals surface area contributed by atoms with Crippen molar-refractivity contribution in [2.75, 3.05) is 13.1 Å². The number of sulfonamides is 1. The maximum absolute atomic E-state index is 12.9. The molecule has 1 N–H and O–H groups in total. The number of hydrogen-bond donors (Lipinski definition) is 1. The van der Waals surface area contributed by atoms with Gasteiger partial charge in [0.25, 0.3) is 10.0 Å². The molecule has 0 amide bonds. The molecule has 1 saturated heterocycles. The fourth-order valence-electron chi connectivity index (χ4n) is 3.17. The van der Waals surface area contributed by atoms with E-state index in [9.17, 15) is 13.2 Å². The molecule has 2 aromatic rings. The van der Waals surface area contributed by atoms with Crippen LogP contribution in [-0.2, 0) is 14.8 Å². The molecular formula is C20H24N2O3S2. The number of allylic oxidation sites excluding steroid dienone is 1. The zero-order valence-electron chi connectivity index (χ0n) is 15.6. The van der Waals surface area contributed by atoms with Crippen molar-refractivity contribution in [3.63, 3.8) is 0 Å². The molecule has 5 nitrogen and oxygen atoms in total. The zero-order valence-corrected chi connectivity index (χ0v) is 17.2. The number of nitrogens with zero attached hydrogens (tertiary/aromatic N) is 1. The Bertz CT molecular complexity index is 924. The summed E-state index contributed by atoms with van der Waals surface area (Å²) in [7, 11) is -3.85. The lowest BCUT2D eigenvalue weighted by Gasteiger charge is -2.32. The van der Waals surface area contributed by atoms with Crippen LogP contribution in [0.25, 0.3) is 5.70 Å². The molecule has 0 aliphatic carbocycles. The van der Waals surface area contributed by atoms with Crippen molar-refractivity contribution in [1.82, 2.24) is 9.62 Å². The Morgan fingerprint density at radius 3 is 2.30 bits per heavy atom. The first-order valence-corrected chi connectivity index (χ1v) is 11.4. The van der Waals surface area contributed by atoms with E-state index in [1.807, 2.05) is 24.4 Å². The van der Waals surface area contributed by atoms with Crippen molar-refractivity contribution >= 4 is 32.8 Å². The van der Waals surface area contributed by atoms with Crippen molar-refractivity contribution in [3.8, 4) is 0 Å². The molecule has 27 heavy (non-hydrogen) atoms. The van der Waals surface area contributed by atoms with Gasteiger partial charge in [-0.1, -0.05) is 23.8 Å². The summed E-state index contributed by atoms with van der Waals surface area (Å²) in [5, 5.41) is 1.94. The van der Waals surface area contributed by atoms with Crippen LogP contribution in [0.5, 0.6) is 0 Å². The molecule has 1 aromatic carbocycles. The minimum absolute atomic E-state index is 0.139. The number of likely N-dealkylation sites (tertiary alicyclic amines) is 1. The van der Waals surface area contributed by atoms with Crippen molar-refractivity contribution in [1.29, 1.82) is 0 Å². The van der Waals surface area contributed by atoms with Gasteiger partial charge < -0.3 is 4.90 Å². The van der Waals surface area contributed by atoms with Gasteiger partial charge in [0, 0.05) is 20.0 Å². The molecule has 3 rings (SSSR count). The fraction of sp³-hybridized carbons (Fsp3) is 0.350. The molecule has 0 unspecified atom stereocenters. The summed E-state index contributed by atoms with van der Waals surface area (Å²) in [6, 6.07) is 10.4. The summed E-state index contributed by atoms with van der Waals surface area (Å²) < 4.78 is 28.4. The van der Waals surface area contributed by atoms with Gasteiger partial charge in [-0.05, 0) is 49.8 Å². The quantitative estimate of drug-likeness (QED) is 0.744. The maximum Gasteiger partial charge on any atom is 0.262 e. The topological polar surface area (TPSA) is 66.5 Å². The lowest BCUT2D eigenvalue weighted by atomic mass is 10.1. The van der Waals surface area contributed by atoms with Gasteiger partial charge in [-0.15, -0.1) is 11.3 Å². The molecule has 0 atom stereocenters. The van der Waals surface area contributed by atoms with Gasteiger partial charge in [-0.3, -0.25) is 9.52 Å². The number of Topliss-reactive ketones (excluding diaryl/α,β-unsaturated/α-hetero) is 1. The van der Waals surface area contributed by atoms with E-state index < -0.39 is 10.0 Å². The smallest absolute Gasteiger partial charge is 0.262 e. The summed E-state index contributed by atoms with van der Waals surface area (Å²) in [5.41, 5.74) is 1.80. The van der Waals surface area contributed by atoms with Crippen LogP contribution in [0.15, 0.2) is 52.4 Å². The number of thiophene rings is 1. The van der Waals surface area contributed by atoms with Crippen LogP contribution >= 0.6 is 11.3 Å². The van der Waals surface area contributed by atoms with Crippen LogP contribution in [0.2, 0.25) is 0 Å². The van der Waals surface area contributed by atoms with Crippen molar-refractivity contribution in [2.45, 2.75) is 38.0 Å². The van der Waals surface area contributed by atoms with Gasteiger partial charge >= 0.3 is 0 Å². The van der Waals surface area contributed by atoms with E-state index in [-0.39, 0.29) is 16.4 Å². The molecule has 0 saturated carbocycles. The number of aryl methyl sites for hydroxylation is 1.